The van der Waals surface area contributed by atoms with Crippen LogP contribution in [0.4, 0.5) is 0 Å². The molecule has 0 amide bonds. The van der Waals surface area contributed by atoms with Gasteiger partial charge in [-0.3, -0.25) is 4.79 Å². The van der Waals surface area contributed by atoms with Gasteiger partial charge in [0.15, 0.2) is 0 Å². The fourth-order valence-electron chi connectivity index (χ4n) is 2.41. The van der Waals surface area contributed by atoms with Crippen molar-refractivity contribution >= 4 is 5.97 Å². The fourth-order valence-corrected chi connectivity index (χ4v) is 2.41. The molecule has 2 atom stereocenters. The Labute approximate surface area is 108 Å². The summed E-state index contributed by atoms with van der Waals surface area (Å²) in [4.78, 5) is 11.8. The van der Waals surface area contributed by atoms with Crippen LogP contribution in [0.3, 0.4) is 0 Å². The molecule has 2 fully saturated rings. The van der Waals surface area contributed by atoms with Gasteiger partial charge in [-0.05, 0) is 33.7 Å². The molecule has 2 saturated heterocycles. The maximum atomic E-state index is 11.8. The topological polar surface area (TPSA) is 56.8 Å². The maximum absolute atomic E-state index is 11.8. The van der Waals surface area contributed by atoms with Crippen molar-refractivity contribution in [2.45, 2.75) is 50.9 Å². The molecule has 0 aromatic rings. The highest BCUT2D eigenvalue weighted by atomic mass is 16.6. The Balaban J connectivity index is 1.84. The number of carbonyl (C=O) groups excluding carboxylic acids is 1. The van der Waals surface area contributed by atoms with Gasteiger partial charge in [0.05, 0.1) is 25.7 Å². The molecule has 2 rings (SSSR count). The average molecular weight is 257 g/mol. The number of esters is 1. The highest BCUT2D eigenvalue weighted by Crippen LogP contribution is 2.27. The van der Waals surface area contributed by atoms with Crippen LogP contribution in [-0.2, 0) is 19.0 Å². The smallest absolute Gasteiger partial charge is 0.309 e. The van der Waals surface area contributed by atoms with E-state index in [1.807, 2.05) is 20.8 Å². The molecule has 2 unspecified atom stereocenters. The lowest BCUT2D eigenvalue weighted by Gasteiger charge is -2.37. The first-order valence-corrected chi connectivity index (χ1v) is 6.57. The summed E-state index contributed by atoms with van der Waals surface area (Å²) in [6, 6.07) is 0. The van der Waals surface area contributed by atoms with Crippen LogP contribution in [0.25, 0.3) is 0 Å². The molecule has 0 aliphatic carbocycles. The lowest BCUT2D eigenvalue weighted by molar-refractivity contribution is -0.198. The van der Waals surface area contributed by atoms with Crippen LogP contribution in [-0.4, -0.2) is 49.6 Å². The van der Waals surface area contributed by atoms with Crippen LogP contribution in [0, 0.1) is 0 Å². The van der Waals surface area contributed by atoms with Crippen molar-refractivity contribution in [1.29, 1.82) is 0 Å². The van der Waals surface area contributed by atoms with E-state index in [4.69, 9.17) is 14.2 Å². The Bertz CT molecular complexity index is 305. The summed E-state index contributed by atoms with van der Waals surface area (Å²) in [5.74, 6) is -0.223. The molecule has 0 saturated carbocycles. The van der Waals surface area contributed by atoms with Gasteiger partial charge in [0, 0.05) is 6.54 Å². The molecule has 5 heteroatoms. The molecule has 104 valence electrons. The monoisotopic (exact) mass is 257 g/mol. The molecule has 5 nitrogen and oxygen atoms in total. The number of hydrogen-bond acceptors (Lipinski definition) is 5. The van der Waals surface area contributed by atoms with E-state index >= 15 is 0 Å². The van der Waals surface area contributed by atoms with Gasteiger partial charge in [-0.1, -0.05) is 0 Å². The second-order valence-corrected chi connectivity index (χ2v) is 6.16. The molecular formula is C13H23NO4. The van der Waals surface area contributed by atoms with Crippen molar-refractivity contribution in [3.05, 3.63) is 0 Å². The second-order valence-electron chi connectivity index (χ2n) is 6.16. The van der Waals surface area contributed by atoms with Crippen LogP contribution >= 0.6 is 0 Å². The summed E-state index contributed by atoms with van der Waals surface area (Å²) in [7, 11) is 0. The highest BCUT2D eigenvalue weighted by molar-refractivity contribution is 5.70. The first-order valence-electron chi connectivity index (χ1n) is 6.57. The Hall–Kier alpha value is -0.650. The summed E-state index contributed by atoms with van der Waals surface area (Å²) >= 11 is 0. The van der Waals surface area contributed by atoms with Gasteiger partial charge in [0.25, 0.3) is 0 Å². The minimum Gasteiger partial charge on any atom is -0.460 e. The minimum absolute atomic E-state index is 0.187. The van der Waals surface area contributed by atoms with Crippen LogP contribution < -0.4 is 5.32 Å². The van der Waals surface area contributed by atoms with E-state index in [-0.39, 0.29) is 24.1 Å². The fraction of sp³-hybridized carbons (Fsp3) is 0.923. The Morgan fingerprint density at radius 1 is 1.50 bits per heavy atom. The van der Waals surface area contributed by atoms with Gasteiger partial charge in [-0.15, -0.1) is 0 Å². The molecule has 0 aromatic heterocycles. The standard InChI is InChI=1S/C13H23NO4/c1-12(2,3)18-11(15)6-10-7-16-9-13(17-10)4-5-14-8-13/h10,14H,4-9H2,1-3H3. The zero-order chi connectivity index (χ0) is 13.2. The second kappa shape index (κ2) is 5.15. The van der Waals surface area contributed by atoms with Gasteiger partial charge in [-0.2, -0.15) is 0 Å². The van der Waals surface area contributed by atoms with E-state index in [9.17, 15) is 4.79 Å². The summed E-state index contributed by atoms with van der Waals surface area (Å²) in [5.41, 5.74) is -0.676. The van der Waals surface area contributed by atoms with Crippen molar-refractivity contribution in [2.24, 2.45) is 0 Å². The predicted molar refractivity (Wildman–Crippen MR) is 66.4 cm³/mol. The van der Waals surface area contributed by atoms with Gasteiger partial charge in [-0.25, -0.2) is 0 Å². The third-order valence-electron chi connectivity index (χ3n) is 3.10. The molecule has 2 heterocycles. The first kappa shape index (κ1) is 13.8. The van der Waals surface area contributed by atoms with Gasteiger partial charge in [0.1, 0.15) is 11.2 Å². The van der Waals surface area contributed by atoms with Crippen LogP contribution in [0.5, 0.6) is 0 Å². The Morgan fingerprint density at radius 3 is 2.89 bits per heavy atom. The zero-order valence-electron chi connectivity index (χ0n) is 11.5. The third kappa shape index (κ3) is 3.67. The van der Waals surface area contributed by atoms with E-state index in [0.717, 1.165) is 19.5 Å². The molecule has 1 N–H and O–H groups in total. The summed E-state index contributed by atoms with van der Waals surface area (Å²) in [5, 5.41) is 3.27. The van der Waals surface area contributed by atoms with Crippen molar-refractivity contribution in [1.82, 2.24) is 5.32 Å². The van der Waals surface area contributed by atoms with Gasteiger partial charge in [0.2, 0.25) is 0 Å². The van der Waals surface area contributed by atoms with Crippen LogP contribution in [0.1, 0.15) is 33.6 Å². The molecule has 2 aliphatic heterocycles. The number of rotatable bonds is 2. The van der Waals surface area contributed by atoms with Crippen molar-refractivity contribution in [2.75, 3.05) is 26.3 Å². The molecule has 18 heavy (non-hydrogen) atoms. The van der Waals surface area contributed by atoms with Crippen molar-refractivity contribution in [3.8, 4) is 0 Å². The number of ether oxygens (including phenoxy) is 3. The molecule has 1 spiro atoms. The van der Waals surface area contributed by atoms with Crippen molar-refractivity contribution in [3.63, 3.8) is 0 Å². The number of carbonyl (C=O) groups is 1. The van der Waals surface area contributed by atoms with E-state index in [2.05, 4.69) is 5.32 Å². The zero-order valence-corrected chi connectivity index (χ0v) is 11.5. The largest absolute Gasteiger partial charge is 0.460 e. The molecule has 2 aliphatic rings. The highest BCUT2D eigenvalue weighted by Gasteiger charge is 2.41. The van der Waals surface area contributed by atoms with Crippen molar-refractivity contribution < 1.29 is 19.0 Å². The molecule has 0 bridgehead atoms. The van der Waals surface area contributed by atoms with Crippen LogP contribution in [0.2, 0.25) is 0 Å². The molecule has 0 radical (unpaired) electrons. The van der Waals surface area contributed by atoms with E-state index in [0.29, 0.717) is 13.2 Å². The Kier molecular flexibility index (Phi) is 3.94. The minimum atomic E-state index is -0.445. The van der Waals surface area contributed by atoms with E-state index in [1.165, 1.54) is 0 Å². The lowest BCUT2D eigenvalue weighted by Crippen LogP contribution is -2.49. The summed E-state index contributed by atoms with van der Waals surface area (Å²) < 4.78 is 16.9. The number of nitrogens with one attached hydrogen (secondary N) is 1. The SMILES string of the molecule is CC(C)(C)OC(=O)CC1COCC2(CCNC2)O1. The molecule has 0 aromatic carbocycles. The summed E-state index contributed by atoms with van der Waals surface area (Å²) in [6.07, 6.45) is 1.02. The quantitative estimate of drug-likeness (QED) is 0.744. The molecular weight excluding hydrogens is 234 g/mol. The first-order chi connectivity index (χ1) is 8.39. The van der Waals surface area contributed by atoms with Gasteiger partial charge < -0.3 is 19.5 Å². The summed E-state index contributed by atoms with van der Waals surface area (Å²) in [6.45, 7) is 8.44. The normalized spacial score (nSPS) is 32.7. The van der Waals surface area contributed by atoms with Crippen LogP contribution in [0.15, 0.2) is 0 Å². The average Bonchev–Trinajstić information content (AvgIpc) is 2.63. The van der Waals surface area contributed by atoms with E-state index < -0.39 is 5.60 Å². The van der Waals surface area contributed by atoms with Gasteiger partial charge >= 0.3 is 5.97 Å². The predicted octanol–water partition coefficient (Wildman–Crippen LogP) is 0.866. The maximum Gasteiger partial charge on any atom is 0.309 e. The van der Waals surface area contributed by atoms with E-state index in [1.54, 1.807) is 0 Å². The third-order valence-corrected chi connectivity index (χ3v) is 3.10. The Morgan fingerprint density at radius 2 is 2.28 bits per heavy atom. The lowest BCUT2D eigenvalue weighted by atomic mass is 10.0. The number of hydrogen-bond donors (Lipinski definition) is 1.